The molecule has 4 nitrogen and oxygen atoms in total. The Balaban J connectivity index is 1.65. The molecule has 1 atom stereocenters. The molecule has 0 aliphatic carbocycles. The number of nitrogens with one attached hydrogen (secondary N) is 2. The molecule has 2 aromatic rings. The van der Waals surface area contributed by atoms with E-state index >= 15 is 0 Å². The van der Waals surface area contributed by atoms with Crippen LogP contribution in [0.5, 0.6) is 0 Å². The topological polar surface area (TPSA) is 61.4 Å². The Bertz CT molecular complexity index is 543. The summed E-state index contributed by atoms with van der Waals surface area (Å²) >= 11 is 0. The maximum atomic E-state index is 11.6. The molecule has 4 heteroatoms. The van der Waals surface area contributed by atoms with Crippen molar-refractivity contribution in [1.82, 2.24) is 10.6 Å². The van der Waals surface area contributed by atoms with Gasteiger partial charge in [-0.25, -0.2) is 4.79 Å². The summed E-state index contributed by atoms with van der Waals surface area (Å²) < 4.78 is 0. The number of aliphatic hydroxyl groups is 1. The van der Waals surface area contributed by atoms with E-state index in [1.165, 1.54) is 0 Å². The molecular weight excluding hydrogens is 264 g/mol. The first-order valence-corrected chi connectivity index (χ1v) is 7.04. The fraction of sp³-hybridized carbons (Fsp3) is 0.235. The van der Waals surface area contributed by atoms with E-state index in [0.29, 0.717) is 19.5 Å². The van der Waals surface area contributed by atoms with E-state index in [-0.39, 0.29) is 6.03 Å². The zero-order chi connectivity index (χ0) is 14.9. The molecule has 2 aromatic carbocycles. The summed E-state index contributed by atoms with van der Waals surface area (Å²) in [5, 5.41) is 15.5. The number of aliphatic hydroxyl groups excluding tert-OH is 1. The van der Waals surface area contributed by atoms with Gasteiger partial charge in [-0.15, -0.1) is 0 Å². The number of hydrogen-bond donors (Lipinski definition) is 3. The third kappa shape index (κ3) is 5.28. The van der Waals surface area contributed by atoms with Gasteiger partial charge in [-0.1, -0.05) is 60.7 Å². The van der Waals surface area contributed by atoms with Crippen LogP contribution in [0.25, 0.3) is 0 Å². The highest BCUT2D eigenvalue weighted by Gasteiger charge is 2.07. The van der Waals surface area contributed by atoms with Crippen molar-refractivity contribution in [3.8, 4) is 0 Å². The van der Waals surface area contributed by atoms with Crippen LogP contribution in [0.2, 0.25) is 0 Å². The molecule has 0 aromatic heterocycles. The van der Waals surface area contributed by atoms with Crippen LogP contribution in [-0.2, 0) is 6.54 Å². The molecule has 0 aliphatic heterocycles. The van der Waals surface area contributed by atoms with E-state index in [2.05, 4.69) is 10.6 Å². The van der Waals surface area contributed by atoms with Crippen LogP contribution in [0, 0.1) is 0 Å². The van der Waals surface area contributed by atoms with Gasteiger partial charge in [-0.3, -0.25) is 0 Å². The van der Waals surface area contributed by atoms with Gasteiger partial charge >= 0.3 is 6.03 Å². The molecule has 3 N–H and O–H groups in total. The van der Waals surface area contributed by atoms with Gasteiger partial charge in [0.1, 0.15) is 0 Å². The van der Waals surface area contributed by atoms with Crippen molar-refractivity contribution in [3.05, 3.63) is 71.8 Å². The Labute approximate surface area is 124 Å². The normalized spacial score (nSPS) is 11.7. The van der Waals surface area contributed by atoms with Crippen LogP contribution in [0.4, 0.5) is 4.79 Å². The second-order valence-corrected chi connectivity index (χ2v) is 4.81. The van der Waals surface area contributed by atoms with Gasteiger partial charge in [-0.2, -0.15) is 0 Å². The molecule has 2 amide bonds. The third-order valence-electron chi connectivity index (χ3n) is 3.18. The summed E-state index contributed by atoms with van der Waals surface area (Å²) in [6.07, 6.45) is -0.0661. The Morgan fingerprint density at radius 1 is 0.952 bits per heavy atom. The molecule has 110 valence electrons. The van der Waals surface area contributed by atoms with Crippen molar-refractivity contribution < 1.29 is 9.90 Å². The first-order chi connectivity index (χ1) is 10.3. The minimum atomic E-state index is -0.555. The molecule has 0 radical (unpaired) electrons. The van der Waals surface area contributed by atoms with E-state index in [1.807, 2.05) is 60.7 Å². The highest BCUT2D eigenvalue weighted by Crippen LogP contribution is 2.14. The smallest absolute Gasteiger partial charge is 0.315 e. The van der Waals surface area contributed by atoms with Gasteiger partial charge < -0.3 is 15.7 Å². The zero-order valence-electron chi connectivity index (χ0n) is 11.8. The fourth-order valence-corrected chi connectivity index (χ4v) is 2.00. The second-order valence-electron chi connectivity index (χ2n) is 4.81. The average Bonchev–Trinajstić information content (AvgIpc) is 2.54. The second kappa shape index (κ2) is 8.07. The molecule has 0 aliphatic rings. The van der Waals surface area contributed by atoms with Crippen LogP contribution in [-0.4, -0.2) is 17.7 Å². The molecule has 0 fully saturated rings. The van der Waals surface area contributed by atoms with Crippen LogP contribution in [0.1, 0.15) is 23.7 Å². The number of amides is 2. The van der Waals surface area contributed by atoms with Crippen molar-refractivity contribution in [1.29, 1.82) is 0 Å². The summed E-state index contributed by atoms with van der Waals surface area (Å²) in [6.45, 7) is 0.921. The van der Waals surface area contributed by atoms with Gasteiger partial charge in [0.2, 0.25) is 0 Å². The third-order valence-corrected chi connectivity index (χ3v) is 3.18. The molecule has 0 heterocycles. The Morgan fingerprint density at radius 3 is 2.24 bits per heavy atom. The lowest BCUT2D eigenvalue weighted by Crippen LogP contribution is -2.36. The summed E-state index contributed by atoms with van der Waals surface area (Å²) in [5.74, 6) is 0. The van der Waals surface area contributed by atoms with E-state index in [0.717, 1.165) is 11.1 Å². The van der Waals surface area contributed by atoms with Crippen LogP contribution < -0.4 is 10.6 Å². The van der Waals surface area contributed by atoms with Gasteiger partial charge in [0.25, 0.3) is 0 Å². The van der Waals surface area contributed by atoms with Crippen molar-refractivity contribution in [2.24, 2.45) is 0 Å². The quantitative estimate of drug-likeness (QED) is 0.763. The minimum absolute atomic E-state index is 0.223. The first kappa shape index (κ1) is 15.1. The van der Waals surface area contributed by atoms with Gasteiger partial charge in [0.05, 0.1) is 6.10 Å². The number of rotatable bonds is 6. The van der Waals surface area contributed by atoms with Crippen LogP contribution >= 0.6 is 0 Å². The molecule has 0 spiro atoms. The average molecular weight is 284 g/mol. The molecular formula is C17H20N2O2. The zero-order valence-corrected chi connectivity index (χ0v) is 11.8. The highest BCUT2D eigenvalue weighted by atomic mass is 16.3. The Morgan fingerprint density at radius 2 is 1.57 bits per heavy atom. The SMILES string of the molecule is O=C(NCC[C@@H](O)c1ccccc1)NCc1ccccc1. The van der Waals surface area contributed by atoms with E-state index < -0.39 is 6.10 Å². The number of carbonyl (C=O) groups excluding carboxylic acids is 1. The summed E-state index contributed by atoms with van der Waals surface area (Å²) in [7, 11) is 0. The minimum Gasteiger partial charge on any atom is -0.388 e. The van der Waals surface area contributed by atoms with E-state index in [9.17, 15) is 9.90 Å². The molecule has 0 bridgehead atoms. The van der Waals surface area contributed by atoms with Crippen molar-refractivity contribution in [2.75, 3.05) is 6.54 Å². The lowest BCUT2D eigenvalue weighted by atomic mass is 10.1. The van der Waals surface area contributed by atoms with E-state index in [1.54, 1.807) is 0 Å². The summed E-state index contributed by atoms with van der Waals surface area (Å²) in [6, 6.07) is 18.9. The Hall–Kier alpha value is -2.33. The number of carbonyl (C=O) groups is 1. The molecule has 0 saturated heterocycles. The van der Waals surface area contributed by atoms with Crippen LogP contribution in [0.15, 0.2) is 60.7 Å². The lowest BCUT2D eigenvalue weighted by molar-refractivity contribution is 0.167. The summed E-state index contributed by atoms with van der Waals surface area (Å²) in [4.78, 5) is 11.6. The predicted octanol–water partition coefficient (Wildman–Crippen LogP) is 2.61. The molecule has 0 saturated carbocycles. The van der Waals surface area contributed by atoms with Crippen molar-refractivity contribution in [3.63, 3.8) is 0 Å². The van der Waals surface area contributed by atoms with Gasteiger partial charge in [-0.05, 0) is 17.5 Å². The van der Waals surface area contributed by atoms with Crippen molar-refractivity contribution >= 4 is 6.03 Å². The molecule has 21 heavy (non-hydrogen) atoms. The number of hydrogen-bond acceptors (Lipinski definition) is 2. The predicted molar refractivity (Wildman–Crippen MR) is 82.7 cm³/mol. The molecule has 0 unspecified atom stereocenters. The number of urea groups is 1. The maximum absolute atomic E-state index is 11.6. The fourth-order valence-electron chi connectivity index (χ4n) is 2.00. The Kier molecular flexibility index (Phi) is 5.79. The van der Waals surface area contributed by atoms with Crippen molar-refractivity contribution in [2.45, 2.75) is 19.1 Å². The van der Waals surface area contributed by atoms with E-state index in [4.69, 9.17) is 0 Å². The lowest BCUT2D eigenvalue weighted by Gasteiger charge is -2.12. The highest BCUT2D eigenvalue weighted by molar-refractivity contribution is 5.73. The van der Waals surface area contributed by atoms with Crippen LogP contribution in [0.3, 0.4) is 0 Å². The molecule has 2 rings (SSSR count). The van der Waals surface area contributed by atoms with Gasteiger partial charge in [0, 0.05) is 13.1 Å². The largest absolute Gasteiger partial charge is 0.388 e. The maximum Gasteiger partial charge on any atom is 0.315 e. The standard InChI is InChI=1S/C17H20N2O2/c20-16(15-9-5-2-6-10-15)11-12-18-17(21)19-13-14-7-3-1-4-8-14/h1-10,16,20H,11-13H2,(H2,18,19,21)/t16-/m1/s1. The monoisotopic (exact) mass is 284 g/mol. The summed E-state index contributed by atoms with van der Waals surface area (Å²) in [5.41, 5.74) is 1.92. The first-order valence-electron chi connectivity index (χ1n) is 7.04. The van der Waals surface area contributed by atoms with Gasteiger partial charge in [0.15, 0.2) is 0 Å². The number of benzene rings is 2.